The molecule has 10 heteroatoms. The van der Waals surface area contributed by atoms with Gasteiger partial charge in [0, 0.05) is 21.1 Å². The summed E-state index contributed by atoms with van der Waals surface area (Å²) in [5.41, 5.74) is 0. The Kier molecular flexibility index (Phi) is 5.27. The van der Waals surface area contributed by atoms with E-state index in [1.54, 1.807) is 48.8 Å². The third-order valence-electron chi connectivity index (χ3n) is 2.58. The topological polar surface area (TPSA) is 67.0 Å². The van der Waals surface area contributed by atoms with E-state index in [2.05, 4.69) is 9.39 Å². The maximum absolute atomic E-state index is 12.3. The van der Waals surface area contributed by atoms with Crippen LogP contribution in [0.5, 0.6) is 0 Å². The van der Waals surface area contributed by atoms with Crippen molar-refractivity contribution in [1.82, 2.24) is 9.47 Å². The first kappa shape index (κ1) is 17.0. The standard InChI is InChI=1S/C12H14N4O2S4/c1-15(2)10(19)13-11-16(3)12(21-20-11)14-22(17,18)9-7-5-4-6-8-9/h4-8H,1-3H3/b13-11-,14-12+. The molecule has 2 aromatic rings. The second-order valence-electron chi connectivity index (χ2n) is 4.46. The van der Waals surface area contributed by atoms with E-state index < -0.39 is 10.0 Å². The summed E-state index contributed by atoms with van der Waals surface area (Å²) >= 11 is 5.12. The zero-order valence-corrected chi connectivity index (χ0v) is 15.4. The molecule has 0 aliphatic carbocycles. The van der Waals surface area contributed by atoms with Gasteiger partial charge in [0.05, 0.1) is 4.90 Å². The Hall–Kier alpha value is -1.36. The van der Waals surface area contributed by atoms with Crippen molar-refractivity contribution < 1.29 is 8.42 Å². The number of aromatic nitrogens is 1. The number of benzene rings is 1. The molecular formula is C12H14N4O2S4. The number of hydrogen-bond acceptors (Lipinski definition) is 5. The van der Waals surface area contributed by atoms with Crippen molar-refractivity contribution in [3.63, 3.8) is 0 Å². The van der Waals surface area contributed by atoms with Gasteiger partial charge in [-0.15, -0.1) is 4.40 Å². The zero-order chi connectivity index (χ0) is 16.3. The summed E-state index contributed by atoms with van der Waals surface area (Å²) in [5.74, 6) is 0. The van der Waals surface area contributed by atoms with Crippen LogP contribution >= 0.6 is 32.9 Å². The second kappa shape index (κ2) is 6.82. The summed E-state index contributed by atoms with van der Waals surface area (Å²) in [7, 11) is 4.14. The van der Waals surface area contributed by atoms with Crippen molar-refractivity contribution in [3.8, 4) is 0 Å². The van der Waals surface area contributed by atoms with Gasteiger partial charge in [0.25, 0.3) is 10.0 Å². The number of hydrogen-bond donors (Lipinski definition) is 0. The Morgan fingerprint density at radius 3 is 2.36 bits per heavy atom. The van der Waals surface area contributed by atoms with Crippen molar-refractivity contribution in [2.45, 2.75) is 4.90 Å². The second-order valence-corrected chi connectivity index (χ2v) is 8.49. The lowest BCUT2D eigenvalue weighted by Crippen LogP contribution is -2.27. The monoisotopic (exact) mass is 374 g/mol. The number of nitrogens with zero attached hydrogens (tertiary/aromatic N) is 4. The van der Waals surface area contributed by atoms with Crippen molar-refractivity contribution in [2.24, 2.45) is 16.4 Å². The molecule has 0 saturated heterocycles. The third-order valence-corrected chi connectivity index (χ3v) is 6.69. The lowest BCUT2D eigenvalue weighted by molar-refractivity contribution is 0.595. The van der Waals surface area contributed by atoms with Crippen LogP contribution in [-0.4, -0.2) is 37.1 Å². The van der Waals surface area contributed by atoms with Crippen LogP contribution < -0.4 is 9.60 Å². The molecule has 0 N–H and O–H groups in total. The molecule has 0 amide bonds. The molecule has 0 aliphatic rings. The first-order valence-electron chi connectivity index (χ1n) is 6.09. The number of rotatable bonds is 2. The molecular weight excluding hydrogens is 360 g/mol. The average Bonchev–Trinajstić information content (AvgIpc) is 2.80. The Morgan fingerprint density at radius 2 is 1.77 bits per heavy atom. The normalized spacial score (nSPS) is 13.4. The first-order chi connectivity index (χ1) is 10.3. The molecule has 0 unspecified atom stereocenters. The van der Waals surface area contributed by atoms with E-state index in [0.717, 1.165) is 0 Å². The molecule has 6 nitrogen and oxygen atoms in total. The number of thiocarbonyl (C=S) groups is 1. The molecule has 0 saturated carbocycles. The van der Waals surface area contributed by atoms with Crippen LogP contribution in [0.4, 0.5) is 0 Å². The largest absolute Gasteiger partial charge is 0.353 e. The van der Waals surface area contributed by atoms with E-state index in [4.69, 9.17) is 12.2 Å². The Morgan fingerprint density at radius 1 is 1.18 bits per heavy atom. The predicted octanol–water partition coefficient (Wildman–Crippen LogP) is 1.18. The minimum absolute atomic E-state index is 0.163. The van der Waals surface area contributed by atoms with E-state index in [1.807, 2.05) is 0 Å². The fourth-order valence-electron chi connectivity index (χ4n) is 1.37. The highest BCUT2D eigenvalue weighted by Gasteiger charge is 2.12. The lowest BCUT2D eigenvalue weighted by atomic mass is 10.4. The molecule has 22 heavy (non-hydrogen) atoms. The zero-order valence-electron chi connectivity index (χ0n) is 12.1. The van der Waals surface area contributed by atoms with Crippen LogP contribution in [0.3, 0.4) is 0 Å². The summed E-state index contributed by atoms with van der Waals surface area (Å²) in [6.45, 7) is 0. The SMILES string of the molecule is CN(C)C(=S)/N=c1\ss/c(=N/S(=O)(=O)c2ccccc2)n1C. The van der Waals surface area contributed by atoms with Crippen molar-refractivity contribution >= 4 is 48.0 Å². The molecule has 0 bridgehead atoms. The summed E-state index contributed by atoms with van der Waals surface area (Å²) in [4.78, 5) is 7.10. The van der Waals surface area contributed by atoms with E-state index >= 15 is 0 Å². The van der Waals surface area contributed by atoms with Crippen LogP contribution in [0, 0.1) is 0 Å². The highest BCUT2D eigenvalue weighted by atomic mass is 32.9. The van der Waals surface area contributed by atoms with E-state index in [-0.39, 0.29) is 4.90 Å². The van der Waals surface area contributed by atoms with Crippen LogP contribution in [0.2, 0.25) is 0 Å². The predicted molar refractivity (Wildman–Crippen MR) is 92.2 cm³/mol. The Bertz CT molecular complexity index is 904. The molecule has 1 aromatic heterocycles. The Balaban J connectivity index is 2.52. The molecule has 0 fully saturated rings. The molecule has 0 radical (unpaired) electrons. The van der Waals surface area contributed by atoms with Crippen molar-refractivity contribution in [2.75, 3.05) is 14.1 Å². The molecule has 2 rings (SSSR count). The summed E-state index contributed by atoms with van der Waals surface area (Å²) in [6.07, 6.45) is 0. The maximum Gasteiger partial charge on any atom is 0.285 e. The van der Waals surface area contributed by atoms with Gasteiger partial charge in [-0.05, 0) is 45.0 Å². The number of sulfonamides is 1. The first-order valence-corrected chi connectivity index (χ1v) is 10.1. The van der Waals surface area contributed by atoms with Gasteiger partial charge in [0.2, 0.25) is 9.60 Å². The van der Waals surface area contributed by atoms with Crippen LogP contribution in [0.1, 0.15) is 0 Å². The fraction of sp³-hybridized carbons (Fsp3) is 0.250. The third kappa shape index (κ3) is 3.88. The highest BCUT2D eigenvalue weighted by Crippen LogP contribution is 2.10. The quantitative estimate of drug-likeness (QED) is 0.585. The molecule has 1 aromatic carbocycles. The fourth-order valence-corrected chi connectivity index (χ4v) is 5.09. The summed E-state index contributed by atoms with van der Waals surface area (Å²) in [6, 6.07) is 8.11. The van der Waals surface area contributed by atoms with E-state index in [1.165, 1.54) is 32.8 Å². The van der Waals surface area contributed by atoms with Crippen molar-refractivity contribution in [3.05, 3.63) is 39.9 Å². The molecule has 118 valence electrons. The maximum atomic E-state index is 12.3. The van der Waals surface area contributed by atoms with Gasteiger partial charge in [0.1, 0.15) is 0 Å². The van der Waals surface area contributed by atoms with Gasteiger partial charge in [-0.25, -0.2) is 0 Å². The molecule has 0 aliphatic heterocycles. The van der Waals surface area contributed by atoms with Crippen LogP contribution in [0.25, 0.3) is 0 Å². The van der Waals surface area contributed by atoms with Gasteiger partial charge in [-0.2, -0.15) is 13.4 Å². The Labute approximate surface area is 141 Å². The lowest BCUT2D eigenvalue weighted by Gasteiger charge is -2.07. The van der Waals surface area contributed by atoms with Gasteiger partial charge < -0.3 is 4.90 Å². The van der Waals surface area contributed by atoms with Crippen molar-refractivity contribution in [1.29, 1.82) is 0 Å². The van der Waals surface area contributed by atoms with Gasteiger partial charge >= 0.3 is 0 Å². The van der Waals surface area contributed by atoms with E-state index in [9.17, 15) is 8.42 Å². The minimum atomic E-state index is -3.73. The summed E-state index contributed by atoms with van der Waals surface area (Å²) in [5, 5.41) is 0.419. The average molecular weight is 375 g/mol. The molecule has 1 heterocycles. The van der Waals surface area contributed by atoms with E-state index in [0.29, 0.717) is 14.7 Å². The van der Waals surface area contributed by atoms with Crippen LogP contribution in [-0.2, 0) is 17.1 Å². The van der Waals surface area contributed by atoms with Gasteiger partial charge in [0.15, 0.2) is 5.11 Å². The molecule has 0 atom stereocenters. The highest BCUT2D eigenvalue weighted by molar-refractivity contribution is 7.90. The summed E-state index contributed by atoms with van der Waals surface area (Å²) < 4.78 is 30.0. The smallest absolute Gasteiger partial charge is 0.285 e. The van der Waals surface area contributed by atoms with Crippen LogP contribution in [0.15, 0.2) is 44.6 Å². The van der Waals surface area contributed by atoms with Gasteiger partial charge in [-0.1, -0.05) is 18.2 Å². The minimum Gasteiger partial charge on any atom is -0.353 e. The van der Waals surface area contributed by atoms with Gasteiger partial charge in [-0.3, -0.25) is 4.57 Å². The molecule has 0 spiro atoms.